The number of para-hydroxylation sites is 1. The monoisotopic (exact) mass is 303 g/mol. The standard InChI is InChI=1S/C16H21N3OS/c1-2-20-14-7-3-5-13-15(14)17-16(21)19(13)12-8-10-18-9-4-6-11(12)18/h3,5,7,11-12H,2,4,6,8-10H2,1H3,(H,17,21). The van der Waals surface area contributed by atoms with Crippen LogP contribution in [0.4, 0.5) is 0 Å². The molecule has 0 radical (unpaired) electrons. The third-order valence-electron chi connectivity index (χ3n) is 4.92. The van der Waals surface area contributed by atoms with Gasteiger partial charge in [0.15, 0.2) is 4.77 Å². The molecule has 2 unspecified atom stereocenters. The molecule has 2 fully saturated rings. The largest absolute Gasteiger partial charge is 0.492 e. The summed E-state index contributed by atoms with van der Waals surface area (Å²) >= 11 is 5.63. The fraction of sp³-hybridized carbons (Fsp3) is 0.562. The fourth-order valence-electron chi connectivity index (χ4n) is 4.08. The smallest absolute Gasteiger partial charge is 0.178 e. The van der Waals surface area contributed by atoms with Gasteiger partial charge in [0, 0.05) is 12.6 Å². The van der Waals surface area contributed by atoms with E-state index in [0.29, 0.717) is 18.7 Å². The molecular weight excluding hydrogens is 282 g/mol. The number of nitrogens with zero attached hydrogens (tertiary/aromatic N) is 2. The van der Waals surface area contributed by atoms with Crippen molar-refractivity contribution in [3.63, 3.8) is 0 Å². The lowest BCUT2D eigenvalue weighted by atomic mass is 10.1. The molecular formula is C16H21N3OS. The number of ether oxygens (including phenoxy) is 1. The van der Waals surface area contributed by atoms with Crippen molar-refractivity contribution in [2.75, 3.05) is 19.7 Å². The van der Waals surface area contributed by atoms with Crippen LogP contribution >= 0.6 is 12.2 Å². The number of hydrogen-bond acceptors (Lipinski definition) is 3. The highest BCUT2D eigenvalue weighted by Crippen LogP contribution is 2.38. The summed E-state index contributed by atoms with van der Waals surface area (Å²) in [5.41, 5.74) is 2.23. The van der Waals surface area contributed by atoms with Gasteiger partial charge in [-0.2, -0.15) is 0 Å². The van der Waals surface area contributed by atoms with E-state index in [4.69, 9.17) is 17.0 Å². The number of aromatic amines is 1. The van der Waals surface area contributed by atoms with Crippen molar-refractivity contribution in [3.05, 3.63) is 23.0 Å². The van der Waals surface area contributed by atoms with Gasteiger partial charge in [0.05, 0.1) is 18.2 Å². The van der Waals surface area contributed by atoms with Gasteiger partial charge in [-0.15, -0.1) is 0 Å². The maximum absolute atomic E-state index is 5.74. The average molecular weight is 303 g/mol. The van der Waals surface area contributed by atoms with Gasteiger partial charge >= 0.3 is 0 Å². The number of H-pyrrole nitrogens is 1. The van der Waals surface area contributed by atoms with Crippen LogP contribution in [0.15, 0.2) is 18.2 Å². The minimum Gasteiger partial charge on any atom is -0.492 e. The molecule has 2 aliphatic rings. The topological polar surface area (TPSA) is 33.2 Å². The van der Waals surface area contributed by atoms with E-state index in [1.165, 1.54) is 37.9 Å². The van der Waals surface area contributed by atoms with E-state index in [1.807, 2.05) is 13.0 Å². The molecule has 2 aliphatic heterocycles. The van der Waals surface area contributed by atoms with Gasteiger partial charge in [-0.25, -0.2) is 0 Å². The number of nitrogens with one attached hydrogen (secondary N) is 1. The molecule has 1 N–H and O–H groups in total. The molecule has 2 atom stereocenters. The predicted octanol–water partition coefficient (Wildman–Crippen LogP) is 3.51. The van der Waals surface area contributed by atoms with Crippen molar-refractivity contribution in [2.45, 2.75) is 38.3 Å². The number of imidazole rings is 1. The zero-order chi connectivity index (χ0) is 14.4. The molecule has 5 heteroatoms. The van der Waals surface area contributed by atoms with Crippen LogP contribution in [0.2, 0.25) is 0 Å². The Balaban J connectivity index is 1.84. The summed E-state index contributed by atoms with van der Waals surface area (Å²) in [6.07, 6.45) is 3.82. The summed E-state index contributed by atoms with van der Waals surface area (Å²) in [7, 11) is 0. The number of hydrogen-bond donors (Lipinski definition) is 1. The molecule has 1 aromatic carbocycles. The lowest BCUT2D eigenvalue weighted by Crippen LogP contribution is -2.27. The van der Waals surface area contributed by atoms with E-state index in [2.05, 4.69) is 26.6 Å². The highest BCUT2D eigenvalue weighted by molar-refractivity contribution is 7.71. The predicted molar refractivity (Wildman–Crippen MR) is 86.5 cm³/mol. The van der Waals surface area contributed by atoms with E-state index >= 15 is 0 Å². The Morgan fingerprint density at radius 2 is 2.19 bits per heavy atom. The summed E-state index contributed by atoms with van der Waals surface area (Å²) in [5, 5.41) is 0. The Hall–Kier alpha value is -1.33. The lowest BCUT2D eigenvalue weighted by Gasteiger charge is -2.22. The zero-order valence-electron chi connectivity index (χ0n) is 12.3. The van der Waals surface area contributed by atoms with Gasteiger partial charge in [0.25, 0.3) is 0 Å². The van der Waals surface area contributed by atoms with Crippen LogP contribution in [0.1, 0.15) is 32.2 Å². The highest BCUT2D eigenvalue weighted by atomic mass is 32.1. The van der Waals surface area contributed by atoms with Crippen molar-refractivity contribution in [1.29, 1.82) is 0 Å². The first kappa shape index (κ1) is 13.3. The molecule has 1 aromatic heterocycles. The third kappa shape index (κ3) is 2.02. The first-order valence-electron chi connectivity index (χ1n) is 7.89. The Kier molecular flexibility index (Phi) is 3.27. The van der Waals surface area contributed by atoms with Crippen LogP contribution in [0.25, 0.3) is 11.0 Å². The van der Waals surface area contributed by atoms with Crippen LogP contribution in [-0.2, 0) is 0 Å². The SMILES string of the molecule is CCOc1cccc2c1[nH]c(=S)n2C1CCN2CCCC12. The summed E-state index contributed by atoms with van der Waals surface area (Å²) < 4.78 is 8.90. The third-order valence-corrected chi connectivity index (χ3v) is 5.22. The average Bonchev–Trinajstić information content (AvgIpc) is 3.13. The first-order chi connectivity index (χ1) is 10.3. The molecule has 21 heavy (non-hydrogen) atoms. The lowest BCUT2D eigenvalue weighted by molar-refractivity contribution is 0.291. The van der Waals surface area contributed by atoms with Gasteiger partial charge in [-0.3, -0.25) is 4.90 Å². The molecule has 0 spiro atoms. The molecule has 2 saturated heterocycles. The molecule has 0 saturated carbocycles. The normalized spacial score (nSPS) is 25.6. The van der Waals surface area contributed by atoms with Crippen molar-refractivity contribution < 1.29 is 4.74 Å². The summed E-state index contributed by atoms with van der Waals surface area (Å²) in [6.45, 7) is 5.14. The van der Waals surface area contributed by atoms with E-state index in [1.54, 1.807) is 0 Å². The second-order valence-electron chi connectivity index (χ2n) is 5.99. The van der Waals surface area contributed by atoms with Crippen molar-refractivity contribution in [3.8, 4) is 5.75 Å². The Morgan fingerprint density at radius 1 is 1.29 bits per heavy atom. The minimum atomic E-state index is 0.505. The quantitative estimate of drug-likeness (QED) is 0.881. The van der Waals surface area contributed by atoms with Crippen molar-refractivity contribution >= 4 is 23.3 Å². The minimum absolute atomic E-state index is 0.505. The van der Waals surface area contributed by atoms with Crippen LogP contribution in [-0.4, -0.2) is 40.2 Å². The van der Waals surface area contributed by atoms with Gasteiger partial charge in [-0.05, 0) is 57.1 Å². The molecule has 2 aromatic rings. The maximum atomic E-state index is 5.74. The molecule has 112 valence electrons. The van der Waals surface area contributed by atoms with Crippen molar-refractivity contribution in [1.82, 2.24) is 14.5 Å². The van der Waals surface area contributed by atoms with E-state index in [-0.39, 0.29) is 0 Å². The van der Waals surface area contributed by atoms with E-state index < -0.39 is 0 Å². The van der Waals surface area contributed by atoms with Gasteiger partial charge in [-0.1, -0.05) is 6.07 Å². The van der Waals surface area contributed by atoms with Gasteiger partial charge in [0.2, 0.25) is 0 Å². The summed E-state index contributed by atoms with van der Waals surface area (Å²) in [6, 6.07) is 7.39. The molecule has 4 nitrogen and oxygen atoms in total. The fourth-order valence-corrected chi connectivity index (χ4v) is 4.42. The Bertz CT molecular complexity index is 720. The van der Waals surface area contributed by atoms with E-state index in [0.717, 1.165) is 16.0 Å². The summed E-state index contributed by atoms with van der Waals surface area (Å²) in [4.78, 5) is 5.99. The first-order valence-corrected chi connectivity index (χ1v) is 8.30. The second-order valence-corrected chi connectivity index (χ2v) is 6.37. The number of fused-ring (bicyclic) bond motifs is 2. The number of benzene rings is 1. The number of aromatic nitrogens is 2. The molecule has 0 bridgehead atoms. The van der Waals surface area contributed by atoms with Gasteiger partial charge < -0.3 is 14.3 Å². The summed E-state index contributed by atoms with van der Waals surface area (Å²) in [5.74, 6) is 0.904. The Morgan fingerprint density at radius 3 is 3.05 bits per heavy atom. The van der Waals surface area contributed by atoms with Crippen LogP contribution in [0, 0.1) is 4.77 Å². The van der Waals surface area contributed by atoms with Crippen LogP contribution in [0.3, 0.4) is 0 Å². The van der Waals surface area contributed by atoms with E-state index in [9.17, 15) is 0 Å². The molecule has 0 amide bonds. The Labute approximate surface area is 129 Å². The number of rotatable bonds is 3. The highest BCUT2D eigenvalue weighted by Gasteiger charge is 2.39. The second kappa shape index (κ2) is 5.14. The van der Waals surface area contributed by atoms with Crippen molar-refractivity contribution in [2.24, 2.45) is 0 Å². The van der Waals surface area contributed by atoms with Crippen LogP contribution in [0.5, 0.6) is 5.75 Å². The molecule has 0 aliphatic carbocycles. The molecule has 3 heterocycles. The molecule has 4 rings (SSSR count). The maximum Gasteiger partial charge on any atom is 0.178 e. The van der Waals surface area contributed by atoms with Crippen LogP contribution < -0.4 is 4.74 Å². The zero-order valence-corrected chi connectivity index (χ0v) is 13.2. The van der Waals surface area contributed by atoms with Gasteiger partial charge in [0.1, 0.15) is 11.3 Å².